The summed E-state index contributed by atoms with van der Waals surface area (Å²) in [5.41, 5.74) is 4.95. The SMILES string of the molecule is [c]1ccc2c(-c3ccccc3)ccccc1-2. The van der Waals surface area contributed by atoms with Crippen LogP contribution in [0.4, 0.5) is 0 Å². The van der Waals surface area contributed by atoms with Gasteiger partial charge in [0.25, 0.3) is 0 Å². The Labute approximate surface area is 95.5 Å². The first-order valence-corrected chi connectivity index (χ1v) is 5.40. The van der Waals surface area contributed by atoms with Gasteiger partial charge in [-0.25, -0.2) is 0 Å². The van der Waals surface area contributed by atoms with Gasteiger partial charge < -0.3 is 0 Å². The third-order valence-corrected chi connectivity index (χ3v) is 2.79. The summed E-state index contributed by atoms with van der Waals surface area (Å²) in [6, 6.07) is 26.2. The quantitative estimate of drug-likeness (QED) is 0.554. The highest BCUT2D eigenvalue weighted by Crippen LogP contribution is 2.32. The van der Waals surface area contributed by atoms with Crippen LogP contribution in [-0.4, -0.2) is 0 Å². The molecule has 1 aromatic carbocycles. The van der Waals surface area contributed by atoms with Crippen LogP contribution in [0.5, 0.6) is 0 Å². The van der Waals surface area contributed by atoms with E-state index < -0.39 is 0 Å². The number of benzene rings is 1. The van der Waals surface area contributed by atoms with Gasteiger partial charge >= 0.3 is 0 Å². The minimum absolute atomic E-state index is 1.17. The monoisotopic (exact) mass is 203 g/mol. The molecule has 16 heavy (non-hydrogen) atoms. The van der Waals surface area contributed by atoms with E-state index in [0.29, 0.717) is 0 Å². The van der Waals surface area contributed by atoms with E-state index in [1.807, 2.05) is 12.1 Å². The molecule has 0 aliphatic heterocycles. The van der Waals surface area contributed by atoms with Crippen molar-refractivity contribution >= 4 is 0 Å². The molecule has 0 heteroatoms. The molecule has 2 aliphatic rings. The van der Waals surface area contributed by atoms with Gasteiger partial charge in [-0.1, -0.05) is 66.7 Å². The number of hydrogen-bond acceptors (Lipinski definition) is 0. The van der Waals surface area contributed by atoms with Crippen LogP contribution in [0.25, 0.3) is 22.3 Å². The molecular weight excluding hydrogens is 192 g/mol. The van der Waals surface area contributed by atoms with Gasteiger partial charge in [0, 0.05) is 0 Å². The zero-order chi connectivity index (χ0) is 10.8. The normalized spacial score (nSPS) is 10.5. The Kier molecular flexibility index (Phi) is 2.19. The zero-order valence-corrected chi connectivity index (χ0v) is 8.85. The van der Waals surface area contributed by atoms with Crippen molar-refractivity contribution in [3.05, 3.63) is 72.8 Å². The van der Waals surface area contributed by atoms with Crippen molar-refractivity contribution in [2.24, 2.45) is 0 Å². The second-order valence-corrected chi connectivity index (χ2v) is 3.80. The van der Waals surface area contributed by atoms with Crippen molar-refractivity contribution in [3.63, 3.8) is 0 Å². The average molecular weight is 203 g/mol. The summed E-state index contributed by atoms with van der Waals surface area (Å²) < 4.78 is 0. The highest BCUT2D eigenvalue weighted by Gasteiger charge is 2.07. The Morgan fingerprint density at radius 2 is 1.38 bits per heavy atom. The van der Waals surface area contributed by atoms with Crippen LogP contribution in [0.1, 0.15) is 0 Å². The van der Waals surface area contributed by atoms with Crippen LogP contribution >= 0.6 is 0 Å². The summed E-state index contributed by atoms with van der Waals surface area (Å²) in [4.78, 5) is 0. The number of hydrogen-bond donors (Lipinski definition) is 0. The van der Waals surface area contributed by atoms with Gasteiger partial charge in [0.15, 0.2) is 0 Å². The summed E-state index contributed by atoms with van der Waals surface area (Å²) >= 11 is 0. The van der Waals surface area contributed by atoms with Gasteiger partial charge in [0.2, 0.25) is 0 Å². The number of rotatable bonds is 1. The summed E-state index contributed by atoms with van der Waals surface area (Å²) in [6.45, 7) is 0. The van der Waals surface area contributed by atoms with Crippen molar-refractivity contribution in [3.8, 4) is 22.3 Å². The topological polar surface area (TPSA) is 0 Å². The lowest BCUT2D eigenvalue weighted by molar-refractivity contribution is 1.65. The second kappa shape index (κ2) is 3.82. The molecule has 1 radical (unpaired) electrons. The molecule has 1 aromatic rings. The Bertz CT molecular complexity index is 567. The predicted octanol–water partition coefficient (Wildman–Crippen LogP) is 4.26. The van der Waals surface area contributed by atoms with E-state index in [1.165, 1.54) is 22.3 Å². The van der Waals surface area contributed by atoms with Crippen molar-refractivity contribution in [1.29, 1.82) is 0 Å². The van der Waals surface area contributed by atoms with Crippen LogP contribution in [0.3, 0.4) is 0 Å². The largest absolute Gasteiger partial charge is 0.0622 e. The second-order valence-electron chi connectivity index (χ2n) is 3.80. The van der Waals surface area contributed by atoms with Crippen molar-refractivity contribution < 1.29 is 0 Å². The smallest absolute Gasteiger partial charge is 0.00987 e. The molecule has 0 nitrogen and oxygen atoms in total. The van der Waals surface area contributed by atoms with E-state index in [2.05, 4.69) is 60.7 Å². The fourth-order valence-corrected chi connectivity index (χ4v) is 2.02. The molecule has 0 bridgehead atoms. The lowest BCUT2D eigenvalue weighted by Crippen LogP contribution is -1.77. The van der Waals surface area contributed by atoms with Crippen molar-refractivity contribution in [1.82, 2.24) is 0 Å². The van der Waals surface area contributed by atoms with Crippen LogP contribution in [0.2, 0.25) is 0 Å². The van der Waals surface area contributed by atoms with Gasteiger partial charge in [-0.2, -0.15) is 0 Å². The maximum absolute atomic E-state index is 3.25. The van der Waals surface area contributed by atoms with Crippen molar-refractivity contribution in [2.75, 3.05) is 0 Å². The van der Waals surface area contributed by atoms with Gasteiger partial charge in [-0.05, 0) is 28.3 Å². The fourth-order valence-electron chi connectivity index (χ4n) is 2.02. The van der Waals surface area contributed by atoms with Crippen molar-refractivity contribution in [2.45, 2.75) is 0 Å². The Morgan fingerprint density at radius 1 is 0.625 bits per heavy atom. The Balaban J connectivity index is 2.27. The first-order valence-electron chi connectivity index (χ1n) is 5.40. The van der Waals surface area contributed by atoms with Gasteiger partial charge in [0.1, 0.15) is 0 Å². The molecule has 0 fully saturated rings. The third-order valence-electron chi connectivity index (χ3n) is 2.79. The van der Waals surface area contributed by atoms with Gasteiger partial charge in [-0.15, -0.1) is 0 Å². The Hall–Kier alpha value is -2.08. The molecule has 75 valence electrons. The molecule has 0 aromatic heterocycles. The predicted molar refractivity (Wildman–Crippen MR) is 67.3 cm³/mol. The Morgan fingerprint density at radius 3 is 2.25 bits per heavy atom. The molecule has 0 unspecified atom stereocenters. The standard InChI is InChI=1S/C16H11/c1-2-7-13(8-3-1)15-11-5-4-9-14-10-6-12-16(14)15/h1-9,11-12H. The van der Waals surface area contributed by atoms with Gasteiger partial charge in [-0.3, -0.25) is 0 Å². The third kappa shape index (κ3) is 1.49. The highest BCUT2D eigenvalue weighted by atomic mass is 14.1. The molecule has 3 rings (SSSR count). The maximum atomic E-state index is 3.25. The molecule has 0 N–H and O–H groups in total. The zero-order valence-electron chi connectivity index (χ0n) is 8.85. The first-order chi connectivity index (χ1) is 7.95. The lowest BCUT2D eigenvalue weighted by Gasteiger charge is -2.03. The molecule has 0 amide bonds. The molecule has 0 spiro atoms. The molecule has 2 aliphatic carbocycles. The van der Waals surface area contributed by atoms with Crippen LogP contribution in [0, 0.1) is 6.07 Å². The molecule has 0 heterocycles. The van der Waals surface area contributed by atoms with Crippen LogP contribution in [-0.2, 0) is 0 Å². The molecule has 0 saturated carbocycles. The summed E-state index contributed by atoms with van der Waals surface area (Å²) in [5, 5.41) is 0. The number of fused-ring (bicyclic) bond motifs is 1. The molecule has 0 saturated heterocycles. The first kappa shape index (κ1) is 9.17. The lowest BCUT2D eigenvalue weighted by atomic mass is 10.0. The van der Waals surface area contributed by atoms with E-state index >= 15 is 0 Å². The van der Waals surface area contributed by atoms with Gasteiger partial charge in [0.05, 0.1) is 0 Å². The van der Waals surface area contributed by atoms with E-state index in [-0.39, 0.29) is 0 Å². The summed E-state index contributed by atoms with van der Waals surface area (Å²) in [7, 11) is 0. The van der Waals surface area contributed by atoms with E-state index in [4.69, 9.17) is 0 Å². The minimum Gasteiger partial charge on any atom is -0.0622 e. The van der Waals surface area contributed by atoms with Crippen LogP contribution in [0.15, 0.2) is 66.7 Å². The molecule has 0 atom stereocenters. The summed E-state index contributed by atoms with van der Waals surface area (Å²) in [6.07, 6.45) is 0. The maximum Gasteiger partial charge on any atom is -0.00987 e. The van der Waals surface area contributed by atoms with E-state index in [9.17, 15) is 0 Å². The van der Waals surface area contributed by atoms with E-state index in [0.717, 1.165) is 0 Å². The minimum atomic E-state index is 1.17. The average Bonchev–Trinajstić information content (AvgIpc) is 2.70. The fraction of sp³-hybridized carbons (Fsp3) is 0. The molecular formula is C16H11. The van der Waals surface area contributed by atoms with Crippen LogP contribution < -0.4 is 0 Å². The summed E-state index contributed by atoms with van der Waals surface area (Å²) in [5.74, 6) is 0. The highest BCUT2D eigenvalue weighted by molar-refractivity contribution is 5.84. The van der Waals surface area contributed by atoms with E-state index in [1.54, 1.807) is 0 Å².